The maximum absolute atomic E-state index is 5.98. The van der Waals surface area contributed by atoms with E-state index in [0.717, 1.165) is 16.1 Å². The van der Waals surface area contributed by atoms with Crippen molar-refractivity contribution in [2.45, 2.75) is 0 Å². The second-order valence-corrected chi connectivity index (χ2v) is 7.86. The lowest BCUT2D eigenvalue weighted by Crippen LogP contribution is -1.84. The van der Waals surface area contributed by atoms with Crippen LogP contribution in [0.25, 0.3) is 43.1 Å². The number of halogens is 1. The van der Waals surface area contributed by atoms with E-state index in [-0.39, 0.29) is 0 Å². The first-order chi connectivity index (χ1) is 14.7. The van der Waals surface area contributed by atoms with Gasteiger partial charge in [0.15, 0.2) is 0 Å². The molecule has 0 aliphatic heterocycles. The molecule has 0 bridgehead atoms. The van der Waals surface area contributed by atoms with E-state index in [1.807, 2.05) is 36.4 Å². The summed E-state index contributed by atoms with van der Waals surface area (Å²) in [6.07, 6.45) is 0. The van der Waals surface area contributed by atoms with Crippen LogP contribution in [0.3, 0.4) is 0 Å². The van der Waals surface area contributed by atoms with Crippen LogP contribution >= 0.6 is 11.6 Å². The Morgan fingerprint density at radius 1 is 0.433 bits per heavy atom. The Morgan fingerprint density at radius 2 is 0.933 bits per heavy atom. The lowest BCUT2D eigenvalue weighted by Gasteiger charge is -2.05. The van der Waals surface area contributed by atoms with Gasteiger partial charge in [-0.25, -0.2) is 0 Å². The van der Waals surface area contributed by atoms with Crippen molar-refractivity contribution >= 4 is 60.4 Å². The molecule has 0 spiro atoms. The van der Waals surface area contributed by atoms with Gasteiger partial charge in [0.05, 0.1) is 0 Å². The predicted molar refractivity (Wildman–Crippen MR) is 132 cm³/mol. The van der Waals surface area contributed by atoms with Gasteiger partial charge in [-0.1, -0.05) is 96.5 Å². The summed E-state index contributed by atoms with van der Waals surface area (Å²) in [5.41, 5.74) is 6.61. The van der Waals surface area contributed by atoms with Crippen molar-refractivity contribution in [3.8, 4) is 0 Å². The lowest BCUT2D eigenvalue weighted by molar-refractivity contribution is 1.74. The Labute approximate surface area is 180 Å². The number of benzene rings is 6. The number of nitrogens with two attached hydrogens (primary N) is 1. The Hall–Kier alpha value is -3.55. The van der Waals surface area contributed by atoms with Crippen LogP contribution in [0.4, 0.5) is 5.69 Å². The van der Waals surface area contributed by atoms with Crippen LogP contribution in [-0.4, -0.2) is 0 Å². The topological polar surface area (TPSA) is 26.0 Å². The van der Waals surface area contributed by atoms with Gasteiger partial charge in [-0.05, 0) is 67.4 Å². The normalized spacial score (nSPS) is 11.0. The SMILES string of the molecule is Nc1ccc2ccc3cc(Cl)ccc3c2c1.c1ccc2c(c1)ccc1ccccc12. The van der Waals surface area contributed by atoms with Crippen LogP contribution in [-0.2, 0) is 0 Å². The Balaban J connectivity index is 0.000000130. The van der Waals surface area contributed by atoms with Crippen LogP contribution in [0.15, 0.2) is 109 Å². The molecular weight excluding hydrogens is 386 g/mol. The van der Waals surface area contributed by atoms with Gasteiger partial charge >= 0.3 is 0 Å². The fourth-order valence-electron chi connectivity index (χ4n) is 4.00. The van der Waals surface area contributed by atoms with Crippen LogP contribution in [0.1, 0.15) is 0 Å². The number of rotatable bonds is 0. The first-order valence-electron chi connectivity index (χ1n) is 9.93. The molecular formula is C28H20ClN. The minimum absolute atomic E-state index is 0.760. The Bertz CT molecular complexity index is 1460. The van der Waals surface area contributed by atoms with E-state index in [4.69, 9.17) is 17.3 Å². The number of hydrogen-bond acceptors (Lipinski definition) is 1. The molecule has 144 valence electrons. The average molecular weight is 406 g/mol. The molecule has 6 rings (SSSR count). The monoisotopic (exact) mass is 405 g/mol. The molecule has 6 aromatic carbocycles. The summed E-state index contributed by atoms with van der Waals surface area (Å²) >= 11 is 5.98. The van der Waals surface area contributed by atoms with E-state index in [9.17, 15) is 0 Å². The summed E-state index contributed by atoms with van der Waals surface area (Å²) in [6.45, 7) is 0. The summed E-state index contributed by atoms with van der Waals surface area (Å²) in [4.78, 5) is 0. The fraction of sp³-hybridized carbons (Fsp3) is 0. The molecule has 0 aromatic heterocycles. The zero-order valence-corrected chi connectivity index (χ0v) is 17.1. The highest BCUT2D eigenvalue weighted by Crippen LogP contribution is 2.29. The van der Waals surface area contributed by atoms with E-state index >= 15 is 0 Å². The van der Waals surface area contributed by atoms with Crippen LogP contribution in [0.2, 0.25) is 5.02 Å². The van der Waals surface area contributed by atoms with Gasteiger partial charge in [-0.3, -0.25) is 0 Å². The maximum Gasteiger partial charge on any atom is 0.0412 e. The van der Waals surface area contributed by atoms with E-state index in [1.165, 1.54) is 37.7 Å². The highest BCUT2D eigenvalue weighted by Gasteiger charge is 2.01. The highest BCUT2D eigenvalue weighted by molar-refractivity contribution is 6.31. The van der Waals surface area contributed by atoms with E-state index in [0.29, 0.717) is 0 Å². The van der Waals surface area contributed by atoms with Crippen molar-refractivity contribution in [1.29, 1.82) is 0 Å². The summed E-state index contributed by atoms with van der Waals surface area (Å²) in [7, 11) is 0. The second-order valence-electron chi connectivity index (χ2n) is 7.42. The number of nitrogen functional groups attached to an aromatic ring is 1. The molecule has 0 fully saturated rings. The molecule has 0 amide bonds. The quantitative estimate of drug-likeness (QED) is 0.200. The molecule has 0 radical (unpaired) electrons. The largest absolute Gasteiger partial charge is 0.399 e. The summed E-state index contributed by atoms with van der Waals surface area (Å²) in [5, 5.41) is 10.8. The van der Waals surface area contributed by atoms with Gasteiger partial charge in [0.1, 0.15) is 0 Å². The molecule has 2 N–H and O–H groups in total. The number of fused-ring (bicyclic) bond motifs is 6. The van der Waals surface area contributed by atoms with Gasteiger partial charge in [0, 0.05) is 10.7 Å². The number of anilines is 1. The zero-order chi connectivity index (χ0) is 20.5. The summed E-state index contributed by atoms with van der Waals surface area (Å²) in [6, 6.07) is 37.4. The molecule has 0 unspecified atom stereocenters. The molecule has 0 atom stereocenters. The van der Waals surface area contributed by atoms with Gasteiger partial charge in [0.25, 0.3) is 0 Å². The van der Waals surface area contributed by atoms with Crippen molar-refractivity contribution < 1.29 is 0 Å². The molecule has 0 saturated carbocycles. The van der Waals surface area contributed by atoms with Crippen LogP contribution in [0.5, 0.6) is 0 Å². The molecule has 30 heavy (non-hydrogen) atoms. The van der Waals surface area contributed by atoms with Crippen molar-refractivity contribution in [2.24, 2.45) is 0 Å². The third kappa shape index (κ3) is 3.45. The minimum Gasteiger partial charge on any atom is -0.399 e. The van der Waals surface area contributed by atoms with Gasteiger partial charge in [0.2, 0.25) is 0 Å². The van der Waals surface area contributed by atoms with Gasteiger partial charge < -0.3 is 5.73 Å². The summed E-state index contributed by atoms with van der Waals surface area (Å²) < 4.78 is 0. The predicted octanol–water partition coefficient (Wildman–Crippen LogP) is 8.22. The Kier molecular flexibility index (Phi) is 4.74. The van der Waals surface area contributed by atoms with Gasteiger partial charge in [-0.2, -0.15) is 0 Å². The van der Waals surface area contributed by atoms with Crippen molar-refractivity contribution in [1.82, 2.24) is 0 Å². The molecule has 0 aliphatic rings. The third-order valence-corrected chi connectivity index (χ3v) is 5.71. The van der Waals surface area contributed by atoms with Crippen molar-refractivity contribution in [3.05, 3.63) is 114 Å². The molecule has 0 heterocycles. The van der Waals surface area contributed by atoms with Crippen molar-refractivity contribution in [2.75, 3.05) is 5.73 Å². The highest BCUT2D eigenvalue weighted by atomic mass is 35.5. The van der Waals surface area contributed by atoms with E-state index < -0.39 is 0 Å². The van der Waals surface area contributed by atoms with E-state index in [2.05, 4.69) is 72.8 Å². The average Bonchev–Trinajstić information content (AvgIpc) is 2.79. The van der Waals surface area contributed by atoms with Crippen molar-refractivity contribution in [3.63, 3.8) is 0 Å². The standard InChI is InChI=1S/C14H10ClN.C14H10/c15-11-4-6-13-10(7-11)2-1-9-3-5-12(16)8-14(9)13;1-3-7-13-11(5-1)9-10-12-6-2-4-8-14(12)13/h1-8H,16H2;1-10H. The molecule has 0 aliphatic carbocycles. The third-order valence-electron chi connectivity index (χ3n) is 5.48. The Morgan fingerprint density at radius 3 is 1.60 bits per heavy atom. The number of hydrogen-bond donors (Lipinski definition) is 1. The van der Waals surface area contributed by atoms with E-state index in [1.54, 1.807) is 0 Å². The summed E-state index contributed by atoms with van der Waals surface area (Å²) in [5.74, 6) is 0. The molecule has 0 saturated heterocycles. The first-order valence-corrected chi connectivity index (χ1v) is 10.3. The maximum atomic E-state index is 5.98. The molecule has 6 aromatic rings. The fourth-order valence-corrected chi connectivity index (χ4v) is 4.18. The van der Waals surface area contributed by atoms with Crippen LogP contribution in [0, 0.1) is 0 Å². The first kappa shape index (κ1) is 18.5. The second kappa shape index (κ2) is 7.70. The minimum atomic E-state index is 0.760. The molecule has 2 heteroatoms. The van der Waals surface area contributed by atoms with Crippen LogP contribution < -0.4 is 5.73 Å². The van der Waals surface area contributed by atoms with Gasteiger partial charge in [-0.15, -0.1) is 0 Å². The molecule has 1 nitrogen and oxygen atoms in total. The smallest absolute Gasteiger partial charge is 0.0412 e. The zero-order valence-electron chi connectivity index (χ0n) is 16.3. The lowest BCUT2D eigenvalue weighted by atomic mass is 10.0.